The SMILES string of the molecule is Cc1[nH]nc(-c2cccc(NN(C=O)C3CCCCC3)c2)c1Br. The van der Waals surface area contributed by atoms with E-state index in [9.17, 15) is 4.79 Å². The number of aromatic amines is 1. The van der Waals surface area contributed by atoms with Crippen LogP contribution in [0.5, 0.6) is 0 Å². The number of aromatic nitrogens is 2. The van der Waals surface area contributed by atoms with E-state index >= 15 is 0 Å². The van der Waals surface area contributed by atoms with Crippen molar-refractivity contribution in [2.75, 3.05) is 5.43 Å². The molecule has 5 nitrogen and oxygen atoms in total. The molecule has 0 bridgehead atoms. The zero-order valence-electron chi connectivity index (χ0n) is 13.2. The number of amides is 1. The van der Waals surface area contributed by atoms with Crippen LogP contribution in [0.3, 0.4) is 0 Å². The zero-order chi connectivity index (χ0) is 16.2. The quantitative estimate of drug-likeness (QED) is 0.605. The smallest absolute Gasteiger partial charge is 0.228 e. The summed E-state index contributed by atoms with van der Waals surface area (Å²) in [6.07, 6.45) is 6.68. The Balaban J connectivity index is 1.79. The Kier molecular flexibility index (Phi) is 5.00. The molecule has 1 aromatic heterocycles. The standard InChI is InChI=1S/C17H21BrN4O/c1-12-16(18)17(20-19-12)13-6-5-7-14(10-13)21-22(11-23)15-8-3-2-4-9-15/h5-7,10-11,15,21H,2-4,8-9H2,1H3,(H,19,20). The lowest BCUT2D eigenvalue weighted by Gasteiger charge is -2.32. The lowest BCUT2D eigenvalue weighted by molar-refractivity contribution is -0.119. The molecule has 1 aromatic carbocycles. The molecule has 23 heavy (non-hydrogen) atoms. The molecule has 1 aliphatic carbocycles. The third-order valence-electron chi connectivity index (χ3n) is 4.35. The summed E-state index contributed by atoms with van der Waals surface area (Å²) in [7, 11) is 0. The molecule has 2 aromatic rings. The van der Waals surface area contributed by atoms with Crippen LogP contribution >= 0.6 is 15.9 Å². The molecule has 0 aliphatic heterocycles. The normalized spacial score (nSPS) is 15.4. The van der Waals surface area contributed by atoms with Crippen molar-refractivity contribution in [1.29, 1.82) is 0 Å². The van der Waals surface area contributed by atoms with E-state index in [0.29, 0.717) is 0 Å². The first-order chi connectivity index (χ1) is 11.2. The molecule has 0 saturated heterocycles. The maximum Gasteiger partial charge on any atom is 0.228 e. The van der Waals surface area contributed by atoms with Crippen LogP contribution in [-0.4, -0.2) is 27.7 Å². The van der Waals surface area contributed by atoms with Crippen LogP contribution in [0, 0.1) is 6.92 Å². The summed E-state index contributed by atoms with van der Waals surface area (Å²) in [6, 6.07) is 8.25. The van der Waals surface area contributed by atoms with Crippen molar-refractivity contribution >= 4 is 28.0 Å². The number of aryl methyl sites for hydroxylation is 1. The van der Waals surface area contributed by atoms with Crippen LogP contribution in [0.15, 0.2) is 28.7 Å². The van der Waals surface area contributed by atoms with Gasteiger partial charge in [0, 0.05) is 11.3 Å². The molecule has 6 heteroatoms. The minimum Gasteiger partial charge on any atom is -0.296 e. The number of nitrogens with zero attached hydrogens (tertiary/aromatic N) is 2. The molecular weight excluding hydrogens is 356 g/mol. The molecular formula is C17H21BrN4O. The highest BCUT2D eigenvalue weighted by Gasteiger charge is 2.20. The van der Waals surface area contributed by atoms with E-state index < -0.39 is 0 Å². The van der Waals surface area contributed by atoms with Crippen LogP contribution in [-0.2, 0) is 4.79 Å². The average Bonchev–Trinajstić information content (AvgIpc) is 2.93. The number of carbonyl (C=O) groups excluding carboxylic acids is 1. The summed E-state index contributed by atoms with van der Waals surface area (Å²) in [5.41, 5.74) is 7.02. The van der Waals surface area contributed by atoms with Gasteiger partial charge in [-0.2, -0.15) is 5.10 Å². The van der Waals surface area contributed by atoms with Gasteiger partial charge < -0.3 is 0 Å². The highest BCUT2D eigenvalue weighted by atomic mass is 79.9. The Bertz CT molecular complexity index is 679. The van der Waals surface area contributed by atoms with Gasteiger partial charge in [-0.25, -0.2) is 0 Å². The Hall–Kier alpha value is -1.82. The van der Waals surface area contributed by atoms with E-state index in [1.165, 1.54) is 19.3 Å². The van der Waals surface area contributed by atoms with E-state index in [-0.39, 0.29) is 6.04 Å². The third kappa shape index (κ3) is 3.58. The van der Waals surface area contributed by atoms with E-state index in [1.54, 1.807) is 5.01 Å². The van der Waals surface area contributed by atoms with Crippen molar-refractivity contribution in [1.82, 2.24) is 15.2 Å². The lowest BCUT2D eigenvalue weighted by Crippen LogP contribution is -2.39. The largest absolute Gasteiger partial charge is 0.296 e. The van der Waals surface area contributed by atoms with E-state index in [0.717, 1.165) is 46.4 Å². The van der Waals surface area contributed by atoms with Gasteiger partial charge in [0.25, 0.3) is 0 Å². The summed E-state index contributed by atoms with van der Waals surface area (Å²) >= 11 is 3.56. The third-order valence-corrected chi connectivity index (χ3v) is 5.32. The van der Waals surface area contributed by atoms with Gasteiger partial charge in [-0.1, -0.05) is 31.4 Å². The Morgan fingerprint density at radius 1 is 1.35 bits per heavy atom. The van der Waals surface area contributed by atoms with Gasteiger partial charge in [-0.15, -0.1) is 0 Å². The molecule has 1 amide bonds. The lowest BCUT2D eigenvalue weighted by atomic mass is 9.95. The molecule has 2 N–H and O–H groups in total. The van der Waals surface area contributed by atoms with Crippen LogP contribution in [0.1, 0.15) is 37.8 Å². The van der Waals surface area contributed by atoms with Crippen LogP contribution in [0.25, 0.3) is 11.3 Å². The molecule has 3 rings (SSSR count). The van der Waals surface area contributed by atoms with Gasteiger partial charge in [0.15, 0.2) is 0 Å². The van der Waals surface area contributed by atoms with Gasteiger partial charge in [0.2, 0.25) is 6.41 Å². The average molecular weight is 377 g/mol. The molecule has 0 atom stereocenters. The molecule has 122 valence electrons. The number of benzene rings is 1. The number of nitrogens with one attached hydrogen (secondary N) is 2. The summed E-state index contributed by atoms with van der Waals surface area (Å²) in [5.74, 6) is 0. The Morgan fingerprint density at radius 3 is 2.78 bits per heavy atom. The maximum absolute atomic E-state index is 11.5. The monoisotopic (exact) mass is 376 g/mol. The molecule has 0 spiro atoms. The fourth-order valence-electron chi connectivity index (χ4n) is 3.05. The fourth-order valence-corrected chi connectivity index (χ4v) is 3.46. The maximum atomic E-state index is 11.5. The number of carbonyl (C=O) groups is 1. The second-order valence-corrected chi connectivity index (χ2v) is 6.80. The summed E-state index contributed by atoms with van der Waals surface area (Å²) in [6.45, 7) is 1.97. The van der Waals surface area contributed by atoms with E-state index in [4.69, 9.17) is 0 Å². The molecule has 1 saturated carbocycles. The number of hydrazine groups is 1. The van der Waals surface area contributed by atoms with Crippen LogP contribution in [0.4, 0.5) is 5.69 Å². The minimum absolute atomic E-state index is 0.282. The molecule has 1 heterocycles. The highest BCUT2D eigenvalue weighted by Crippen LogP contribution is 2.30. The predicted octanol–water partition coefficient (Wildman–Crippen LogP) is 4.27. The second kappa shape index (κ2) is 7.17. The molecule has 1 aliphatic rings. The van der Waals surface area contributed by atoms with Crippen molar-refractivity contribution in [2.45, 2.75) is 45.1 Å². The van der Waals surface area contributed by atoms with E-state index in [1.807, 2.05) is 31.2 Å². The number of hydrogen-bond acceptors (Lipinski definition) is 3. The number of rotatable bonds is 5. The molecule has 1 fully saturated rings. The summed E-state index contributed by atoms with van der Waals surface area (Å²) < 4.78 is 0.967. The first-order valence-corrected chi connectivity index (χ1v) is 8.79. The van der Waals surface area contributed by atoms with Crippen molar-refractivity contribution in [3.63, 3.8) is 0 Å². The number of H-pyrrole nitrogens is 1. The fraction of sp³-hybridized carbons (Fsp3) is 0.412. The zero-order valence-corrected chi connectivity index (χ0v) is 14.8. The Morgan fingerprint density at radius 2 is 2.13 bits per heavy atom. The van der Waals surface area contributed by atoms with Crippen molar-refractivity contribution in [3.8, 4) is 11.3 Å². The minimum atomic E-state index is 0.282. The highest BCUT2D eigenvalue weighted by molar-refractivity contribution is 9.10. The van der Waals surface area contributed by atoms with Crippen molar-refractivity contribution in [3.05, 3.63) is 34.4 Å². The van der Waals surface area contributed by atoms with Gasteiger partial charge in [0.05, 0.1) is 16.2 Å². The molecule has 0 radical (unpaired) electrons. The number of anilines is 1. The van der Waals surface area contributed by atoms with Crippen LogP contribution in [0.2, 0.25) is 0 Å². The van der Waals surface area contributed by atoms with Crippen molar-refractivity contribution < 1.29 is 4.79 Å². The van der Waals surface area contributed by atoms with Gasteiger partial charge in [-0.05, 0) is 47.8 Å². The number of halogens is 1. The predicted molar refractivity (Wildman–Crippen MR) is 94.9 cm³/mol. The summed E-state index contributed by atoms with van der Waals surface area (Å²) in [5, 5.41) is 9.02. The summed E-state index contributed by atoms with van der Waals surface area (Å²) in [4.78, 5) is 11.5. The molecule has 0 unspecified atom stereocenters. The van der Waals surface area contributed by atoms with Crippen LogP contribution < -0.4 is 5.43 Å². The van der Waals surface area contributed by atoms with Gasteiger partial charge >= 0.3 is 0 Å². The Labute approximate surface area is 144 Å². The van der Waals surface area contributed by atoms with Gasteiger partial charge in [-0.3, -0.25) is 20.3 Å². The van der Waals surface area contributed by atoms with Crippen molar-refractivity contribution in [2.24, 2.45) is 0 Å². The first-order valence-electron chi connectivity index (χ1n) is 8.00. The second-order valence-electron chi connectivity index (χ2n) is 6.01. The number of hydrogen-bond donors (Lipinski definition) is 2. The van der Waals surface area contributed by atoms with Gasteiger partial charge in [0.1, 0.15) is 5.69 Å². The first kappa shape index (κ1) is 16.1. The van der Waals surface area contributed by atoms with E-state index in [2.05, 4.69) is 31.6 Å². The topological polar surface area (TPSA) is 61.0 Å².